The molecule has 14 heteroatoms. The van der Waals surface area contributed by atoms with Crippen LogP contribution in [0, 0.1) is 18.6 Å². The smallest absolute Gasteiger partial charge is 0.243 e. The number of aryl methyl sites for hydroxylation is 1. The molecule has 37 heavy (non-hydrogen) atoms. The number of nitrogens with one attached hydrogen (secondary N) is 1. The summed E-state index contributed by atoms with van der Waals surface area (Å²) in [4.78, 5) is 12.6. The Morgan fingerprint density at radius 3 is 2.27 bits per heavy atom. The molecular formula is C23H23F2N7O4S. The summed E-state index contributed by atoms with van der Waals surface area (Å²) in [5.74, 6) is -2.18. The van der Waals surface area contributed by atoms with E-state index in [0.717, 1.165) is 22.3 Å². The van der Waals surface area contributed by atoms with E-state index in [2.05, 4.69) is 29.9 Å². The number of aromatic nitrogens is 6. The Bertz CT molecular complexity index is 1490. The van der Waals surface area contributed by atoms with Crippen molar-refractivity contribution in [1.29, 1.82) is 0 Å². The molecule has 3 heterocycles. The number of hydrogen-bond donors (Lipinski definition) is 1. The molecule has 194 valence electrons. The molecule has 3 aromatic heterocycles. The van der Waals surface area contributed by atoms with Crippen molar-refractivity contribution in [1.82, 2.24) is 29.7 Å². The molecule has 11 nitrogen and oxygen atoms in total. The SMILES string of the molecule is COc1cccc(-c2nnc(NS(=O)(=O)[C@@H](C)[C@H](OC)c3ncc(C)cn3)n2-c2c(F)cccc2F)n1. The van der Waals surface area contributed by atoms with Crippen LogP contribution < -0.4 is 9.46 Å². The minimum atomic E-state index is -4.29. The van der Waals surface area contributed by atoms with E-state index in [1.165, 1.54) is 45.7 Å². The van der Waals surface area contributed by atoms with Crippen LogP contribution in [0.3, 0.4) is 0 Å². The molecule has 0 radical (unpaired) electrons. The van der Waals surface area contributed by atoms with Gasteiger partial charge in [-0.2, -0.15) is 0 Å². The van der Waals surface area contributed by atoms with Crippen molar-refractivity contribution in [2.45, 2.75) is 25.2 Å². The second-order valence-corrected chi connectivity index (χ2v) is 9.98. The van der Waals surface area contributed by atoms with Gasteiger partial charge >= 0.3 is 0 Å². The summed E-state index contributed by atoms with van der Waals surface area (Å²) in [5.41, 5.74) is 0.324. The summed E-state index contributed by atoms with van der Waals surface area (Å²) in [7, 11) is -1.56. The van der Waals surface area contributed by atoms with Gasteiger partial charge in [0.1, 0.15) is 34.4 Å². The Labute approximate surface area is 211 Å². The number of methoxy groups -OCH3 is 2. The topological polar surface area (TPSA) is 134 Å². The molecule has 0 saturated heterocycles. The molecule has 0 amide bonds. The standard InChI is InChI=1S/C23H23F2N7O4S/c1-13-11-26-21(27-12-13)20(36-4)14(2)37(33,34)31-23-30-29-22(17-9-6-10-18(28-17)35-3)32(23)19-15(24)7-5-8-16(19)25/h5-12,14,20H,1-4H3,(H,30,31)/t14-,20-/m0/s1. The monoisotopic (exact) mass is 531 g/mol. The first-order chi connectivity index (χ1) is 17.7. The number of hydrogen-bond acceptors (Lipinski definition) is 9. The van der Waals surface area contributed by atoms with Crippen LogP contribution in [0.15, 0.2) is 48.8 Å². The van der Waals surface area contributed by atoms with Crippen LogP contribution in [0.4, 0.5) is 14.7 Å². The maximum absolute atomic E-state index is 14.9. The maximum Gasteiger partial charge on any atom is 0.243 e. The predicted molar refractivity (Wildman–Crippen MR) is 130 cm³/mol. The number of ether oxygens (including phenoxy) is 2. The zero-order valence-corrected chi connectivity index (χ0v) is 21.1. The molecule has 0 aliphatic carbocycles. The molecule has 0 aliphatic heterocycles. The normalized spacial score (nSPS) is 13.2. The second-order valence-electron chi connectivity index (χ2n) is 7.95. The Balaban J connectivity index is 1.81. The number of rotatable bonds is 9. The maximum atomic E-state index is 14.9. The Morgan fingerprint density at radius 2 is 1.65 bits per heavy atom. The van der Waals surface area contributed by atoms with Gasteiger partial charge in [0.25, 0.3) is 0 Å². The first kappa shape index (κ1) is 26.0. The number of pyridine rings is 1. The number of para-hydroxylation sites is 1. The van der Waals surface area contributed by atoms with Crippen molar-refractivity contribution >= 4 is 16.0 Å². The van der Waals surface area contributed by atoms with E-state index in [0.29, 0.717) is 0 Å². The highest BCUT2D eigenvalue weighted by atomic mass is 32.2. The molecule has 1 N–H and O–H groups in total. The van der Waals surface area contributed by atoms with Gasteiger partial charge < -0.3 is 9.47 Å². The third-order valence-corrected chi connectivity index (χ3v) is 7.14. The van der Waals surface area contributed by atoms with Crippen molar-refractivity contribution in [2.75, 3.05) is 18.9 Å². The molecule has 0 bridgehead atoms. The van der Waals surface area contributed by atoms with E-state index in [1.54, 1.807) is 19.1 Å². The van der Waals surface area contributed by atoms with Crippen LogP contribution in [-0.2, 0) is 14.8 Å². The molecular weight excluding hydrogens is 508 g/mol. The van der Waals surface area contributed by atoms with Gasteiger partial charge in [-0.25, -0.2) is 32.2 Å². The van der Waals surface area contributed by atoms with Crippen molar-refractivity contribution < 1.29 is 26.7 Å². The first-order valence-electron chi connectivity index (χ1n) is 10.9. The summed E-state index contributed by atoms with van der Waals surface area (Å²) in [6, 6.07) is 7.90. The largest absolute Gasteiger partial charge is 0.481 e. The van der Waals surface area contributed by atoms with E-state index in [1.807, 2.05) is 0 Å². The zero-order chi connectivity index (χ0) is 26.7. The van der Waals surface area contributed by atoms with Crippen molar-refractivity contribution in [3.05, 3.63) is 71.8 Å². The van der Waals surface area contributed by atoms with Crippen molar-refractivity contribution in [3.8, 4) is 23.1 Å². The van der Waals surface area contributed by atoms with Crippen molar-refractivity contribution in [3.63, 3.8) is 0 Å². The van der Waals surface area contributed by atoms with Gasteiger partial charge in [0, 0.05) is 25.6 Å². The van der Waals surface area contributed by atoms with Gasteiger partial charge in [0.2, 0.25) is 21.9 Å². The van der Waals surface area contributed by atoms with E-state index in [4.69, 9.17) is 9.47 Å². The van der Waals surface area contributed by atoms with E-state index >= 15 is 0 Å². The van der Waals surface area contributed by atoms with Gasteiger partial charge in [0.05, 0.1) is 7.11 Å². The lowest BCUT2D eigenvalue weighted by atomic mass is 10.2. The average molecular weight is 532 g/mol. The number of halogens is 2. The van der Waals surface area contributed by atoms with Crippen LogP contribution in [0.1, 0.15) is 24.4 Å². The minimum Gasteiger partial charge on any atom is -0.481 e. The first-order valence-corrected chi connectivity index (χ1v) is 12.4. The Hall–Kier alpha value is -4.04. The van der Waals surface area contributed by atoms with E-state index in [9.17, 15) is 17.2 Å². The van der Waals surface area contributed by atoms with Gasteiger partial charge in [-0.3, -0.25) is 9.29 Å². The number of nitrogens with zero attached hydrogens (tertiary/aromatic N) is 6. The summed E-state index contributed by atoms with van der Waals surface area (Å²) in [6.07, 6.45) is 2.01. The fourth-order valence-corrected chi connectivity index (χ4v) is 4.65. The molecule has 1 aromatic carbocycles. The molecule has 0 unspecified atom stereocenters. The van der Waals surface area contributed by atoms with Gasteiger partial charge in [0.15, 0.2) is 11.6 Å². The highest BCUT2D eigenvalue weighted by Crippen LogP contribution is 2.30. The Morgan fingerprint density at radius 1 is 1.00 bits per heavy atom. The molecule has 0 spiro atoms. The Kier molecular flexibility index (Phi) is 7.40. The van der Waals surface area contributed by atoms with Gasteiger partial charge in [-0.15, -0.1) is 10.2 Å². The number of benzene rings is 1. The van der Waals surface area contributed by atoms with Crippen molar-refractivity contribution in [2.24, 2.45) is 0 Å². The molecule has 0 fully saturated rings. The fraction of sp³-hybridized carbons (Fsp3) is 0.261. The summed E-state index contributed by atoms with van der Waals surface area (Å²) >= 11 is 0. The van der Waals surface area contributed by atoms with Crippen LogP contribution in [0.2, 0.25) is 0 Å². The summed E-state index contributed by atoms with van der Waals surface area (Å²) in [6.45, 7) is 3.17. The summed E-state index contributed by atoms with van der Waals surface area (Å²) in [5, 5.41) is 6.61. The lowest BCUT2D eigenvalue weighted by Gasteiger charge is -2.22. The average Bonchev–Trinajstić information content (AvgIpc) is 3.27. The third-order valence-electron chi connectivity index (χ3n) is 5.44. The second kappa shape index (κ2) is 10.5. The lowest BCUT2D eigenvalue weighted by Crippen LogP contribution is -2.33. The lowest BCUT2D eigenvalue weighted by molar-refractivity contribution is 0.0949. The number of anilines is 1. The van der Waals surface area contributed by atoms with Crippen LogP contribution in [0.5, 0.6) is 5.88 Å². The van der Waals surface area contributed by atoms with Crippen LogP contribution >= 0.6 is 0 Å². The van der Waals surface area contributed by atoms with E-state index < -0.39 is 44.6 Å². The quantitative estimate of drug-likeness (QED) is 0.345. The molecule has 2 atom stereocenters. The minimum absolute atomic E-state index is 0.126. The molecule has 4 aromatic rings. The highest BCUT2D eigenvalue weighted by molar-refractivity contribution is 7.93. The van der Waals surface area contributed by atoms with Gasteiger partial charge in [-0.1, -0.05) is 12.1 Å². The third kappa shape index (κ3) is 5.24. The van der Waals surface area contributed by atoms with Crippen LogP contribution in [0.25, 0.3) is 17.2 Å². The van der Waals surface area contributed by atoms with Gasteiger partial charge in [-0.05, 0) is 37.6 Å². The zero-order valence-electron chi connectivity index (χ0n) is 20.3. The van der Waals surface area contributed by atoms with E-state index in [-0.39, 0.29) is 23.2 Å². The summed E-state index contributed by atoms with van der Waals surface area (Å²) < 4.78 is 70.3. The number of sulfonamides is 1. The molecule has 0 saturated carbocycles. The molecule has 0 aliphatic rings. The predicted octanol–water partition coefficient (Wildman–Crippen LogP) is 3.23. The highest BCUT2D eigenvalue weighted by Gasteiger charge is 2.35. The molecule has 4 rings (SSSR count). The fourth-order valence-electron chi connectivity index (χ4n) is 3.52. The van der Waals surface area contributed by atoms with Crippen LogP contribution in [-0.4, -0.2) is 57.6 Å².